The number of benzene rings is 2. The molecule has 3 rings (SSSR count). The van der Waals surface area contributed by atoms with Gasteiger partial charge in [0.05, 0.1) is 17.5 Å². The molecule has 1 saturated heterocycles. The Balaban J connectivity index is 1.55. The summed E-state index contributed by atoms with van der Waals surface area (Å²) in [5, 5.41) is 9.07. The monoisotopic (exact) mass is 467 g/mol. The first-order valence-electron chi connectivity index (χ1n) is 9.13. The zero-order chi connectivity index (χ0) is 21.7. The molecule has 1 aliphatic rings. The van der Waals surface area contributed by atoms with Crippen LogP contribution in [-0.2, 0) is 21.2 Å². The minimum absolute atomic E-state index is 0.0420. The lowest BCUT2D eigenvalue weighted by atomic mass is 10.2. The highest BCUT2D eigenvalue weighted by atomic mass is 35.5. The number of nitriles is 1. The highest BCUT2D eigenvalue weighted by Crippen LogP contribution is 2.28. The molecule has 0 aromatic heterocycles. The van der Waals surface area contributed by atoms with Crippen molar-refractivity contribution in [1.29, 1.82) is 5.26 Å². The lowest BCUT2D eigenvalue weighted by molar-refractivity contribution is -0.134. The van der Waals surface area contributed by atoms with Gasteiger partial charge in [-0.1, -0.05) is 35.3 Å². The van der Waals surface area contributed by atoms with Crippen LogP contribution in [0.1, 0.15) is 5.56 Å². The smallest absolute Gasteiger partial charge is 0.260 e. The standard InChI is InChI=1S/C20H19Cl2N3O4S/c21-16-3-6-18(22)19(13-16)30(27,28)25-11-9-24(10-12-25)20(26)14-29-17-4-1-15(2-5-17)7-8-23/h1-6,13H,7,9-12,14H2. The normalized spacial score (nSPS) is 14.9. The van der Waals surface area contributed by atoms with Crippen molar-refractivity contribution in [1.82, 2.24) is 9.21 Å². The maximum Gasteiger partial charge on any atom is 0.260 e. The molecule has 10 heteroatoms. The van der Waals surface area contributed by atoms with Crippen LogP contribution >= 0.6 is 23.2 Å². The zero-order valence-electron chi connectivity index (χ0n) is 15.9. The third-order valence-corrected chi connectivity index (χ3v) is 7.29. The summed E-state index contributed by atoms with van der Waals surface area (Å²) in [5.74, 6) is 0.302. The highest BCUT2D eigenvalue weighted by molar-refractivity contribution is 7.89. The van der Waals surface area contributed by atoms with Crippen molar-refractivity contribution in [3.63, 3.8) is 0 Å². The number of halogens is 2. The van der Waals surface area contributed by atoms with E-state index in [1.165, 1.54) is 22.5 Å². The third-order valence-electron chi connectivity index (χ3n) is 4.67. The molecule has 1 aliphatic heterocycles. The molecule has 0 unspecified atom stereocenters. The molecule has 0 saturated carbocycles. The van der Waals surface area contributed by atoms with E-state index in [0.29, 0.717) is 12.2 Å². The number of hydrogen-bond donors (Lipinski definition) is 0. The summed E-state index contributed by atoms with van der Waals surface area (Å²) in [5.41, 5.74) is 0.869. The van der Waals surface area contributed by atoms with E-state index in [1.807, 2.05) is 0 Å². The van der Waals surface area contributed by atoms with E-state index >= 15 is 0 Å². The van der Waals surface area contributed by atoms with Crippen LogP contribution in [0, 0.1) is 11.3 Å². The largest absolute Gasteiger partial charge is 0.484 e. The van der Waals surface area contributed by atoms with Crippen molar-refractivity contribution in [2.24, 2.45) is 0 Å². The van der Waals surface area contributed by atoms with Crippen molar-refractivity contribution in [2.75, 3.05) is 32.8 Å². The van der Waals surface area contributed by atoms with E-state index in [-0.39, 0.29) is 53.6 Å². The van der Waals surface area contributed by atoms with Crippen LogP contribution in [0.15, 0.2) is 47.4 Å². The fraction of sp³-hybridized carbons (Fsp3) is 0.300. The molecule has 0 spiro atoms. The van der Waals surface area contributed by atoms with Gasteiger partial charge in [0, 0.05) is 31.2 Å². The number of carbonyl (C=O) groups is 1. The minimum atomic E-state index is -3.80. The maximum absolute atomic E-state index is 12.9. The summed E-state index contributed by atoms with van der Waals surface area (Å²) in [4.78, 5) is 13.9. The van der Waals surface area contributed by atoms with Gasteiger partial charge in [-0.2, -0.15) is 9.57 Å². The first kappa shape index (κ1) is 22.4. The van der Waals surface area contributed by atoms with Gasteiger partial charge in [-0.05, 0) is 35.9 Å². The number of rotatable bonds is 6. The molecule has 0 aliphatic carbocycles. The summed E-state index contributed by atoms with van der Waals surface area (Å²) in [6.07, 6.45) is 0.312. The average molecular weight is 468 g/mol. The van der Waals surface area contributed by atoms with E-state index in [4.69, 9.17) is 33.2 Å². The van der Waals surface area contributed by atoms with Crippen molar-refractivity contribution in [3.8, 4) is 11.8 Å². The van der Waals surface area contributed by atoms with Gasteiger partial charge in [-0.3, -0.25) is 4.79 Å². The molecular weight excluding hydrogens is 449 g/mol. The van der Waals surface area contributed by atoms with E-state index < -0.39 is 10.0 Å². The van der Waals surface area contributed by atoms with Crippen LogP contribution in [0.3, 0.4) is 0 Å². The Kier molecular flexibility index (Phi) is 7.21. The van der Waals surface area contributed by atoms with Crippen LogP contribution in [0.25, 0.3) is 0 Å². The van der Waals surface area contributed by atoms with Crippen LogP contribution < -0.4 is 4.74 Å². The number of sulfonamides is 1. The van der Waals surface area contributed by atoms with E-state index in [9.17, 15) is 13.2 Å². The van der Waals surface area contributed by atoms with Gasteiger partial charge in [-0.15, -0.1) is 0 Å². The molecule has 1 heterocycles. The van der Waals surface area contributed by atoms with Crippen molar-refractivity contribution < 1.29 is 17.9 Å². The molecule has 0 atom stereocenters. The van der Waals surface area contributed by atoms with Crippen LogP contribution in [-0.4, -0.2) is 56.3 Å². The molecule has 2 aromatic rings. The number of ether oxygens (including phenoxy) is 1. The molecule has 0 radical (unpaired) electrons. The number of carbonyl (C=O) groups excluding carboxylic acids is 1. The second-order valence-corrected chi connectivity index (χ2v) is 9.38. The van der Waals surface area contributed by atoms with Gasteiger partial charge in [0.15, 0.2) is 6.61 Å². The first-order chi connectivity index (χ1) is 14.3. The maximum atomic E-state index is 12.9. The summed E-state index contributed by atoms with van der Waals surface area (Å²) >= 11 is 12.0. The summed E-state index contributed by atoms with van der Waals surface area (Å²) < 4.78 is 32.5. The van der Waals surface area contributed by atoms with E-state index in [1.54, 1.807) is 29.2 Å². The topological polar surface area (TPSA) is 90.7 Å². The number of amides is 1. The second-order valence-electron chi connectivity index (χ2n) is 6.63. The molecule has 0 N–H and O–H groups in total. The number of hydrogen-bond acceptors (Lipinski definition) is 5. The Morgan fingerprint density at radius 3 is 2.37 bits per heavy atom. The van der Waals surface area contributed by atoms with E-state index in [2.05, 4.69) is 6.07 Å². The predicted octanol–water partition coefficient (Wildman–Crippen LogP) is 2.97. The predicted molar refractivity (Wildman–Crippen MR) is 113 cm³/mol. The summed E-state index contributed by atoms with van der Waals surface area (Å²) in [7, 11) is -3.80. The molecule has 0 bridgehead atoms. The number of nitrogens with zero attached hydrogens (tertiary/aromatic N) is 3. The lowest BCUT2D eigenvalue weighted by Crippen LogP contribution is -2.51. The number of piperazine rings is 1. The van der Waals surface area contributed by atoms with Crippen LogP contribution in [0.4, 0.5) is 0 Å². The highest BCUT2D eigenvalue weighted by Gasteiger charge is 2.31. The molecule has 158 valence electrons. The summed E-state index contributed by atoms with van der Waals surface area (Å²) in [6.45, 7) is 0.658. The molecule has 1 fully saturated rings. The molecule has 2 aromatic carbocycles. The van der Waals surface area contributed by atoms with Gasteiger partial charge < -0.3 is 9.64 Å². The fourth-order valence-corrected chi connectivity index (χ4v) is 5.18. The quantitative estimate of drug-likeness (QED) is 0.650. The lowest BCUT2D eigenvalue weighted by Gasteiger charge is -2.34. The summed E-state index contributed by atoms with van der Waals surface area (Å²) in [6, 6.07) is 13.3. The Labute approximate surface area is 185 Å². The Morgan fingerprint density at radius 1 is 1.07 bits per heavy atom. The van der Waals surface area contributed by atoms with Crippen LogP contribution in [0.5, 0.6) is 5.75 Å². The second kappa shape index (κ2) is 9.67. The van der Waals surface area contributed by atoms with Gasteiger partial charge in [-0.25, -0.2) is 8.42 Å². The molecule has 30 heavy (non-hydrogen) atoms. The van der Waals surface area contributed by atoms with E-state index in [0.717, 1.165) is 5.56 Å². The Bertz CT molecular complexity index is 1060. The van der Waals surface area contributed by atoms with Gasteiger partial charge >= 0.3 is 0 Å². The zero-order valence-corrected chi connectivity index (χ0v) is 18.3. The minimum Gasteiger partial charge on any atom is -0.484 e. The van der Waals surface area contributed by atoms with Crippen molar-refractivity contribution in [3.05, 3.63) is 58.1 Å². The molecule has 1 amide bonds. The Morgan fingerprint density at radius 2 is 1.73 bits per heavy atom. The average Bonchev–Trinajstić information content (AvgIpc) is 2.75. The van der Waals surface area contributed by atoms with Gasteiger partial charge in [0.1, 0.15) is 10.6 Å². The first-order valence-corrected chi connectivity index (χ1v) is 11.3. The fourth-order valence-electron chi connectivity index (χ4n) is 3.02. The SMILES string of the molecule is N#CCc1ccc(OCC(=O)N2CCN(S(=O)(=O)c3cc(Cl)ccc3Cl)CC2)cc1. The molecular formula is C20H19Cl2N3O4S. The van der Waals surface area contributed by atoms with Crippen LogP contribution in [0.2, 0.25) is 10.0 Å². The Hall–Kier alpha value is -2.31. The van der Waals surface area contributed by atoms with Gasteiger partial charge in [0.2, 0.25) is 10.0 Å². The van der Waals surface area contributed by atoms with Gasteiger partial charge in [0.25, 0.3) is 5.91 Å². The van der Waals surface area contributed by atoms with Crippen molar-refractivity contribution >= 4 is 39.1 Å². The third kappa shape index (κ3) is 5.24. The van der Waals surface area contributed by atoms with Crippen molar-refractivity contribution in [2.45, 2.75) is 11.3 Å². The molecule has 7 nitrogen and oxygen atoms in total.